The number of amides is 2. The van der Waals surface area contributed by atoms with E-state index in [1.807, 2.05) is 20.8 Å². The second kappa shape index (κ2) is 8.68. The number of nitrogens with zero attached hydrogens (tertiary/aromatic N) is 3. The van der Waals surface area contributed by atoms with E-state index in [0.29, 0.717) is 30.0 Å². The first-order chi connectivity index (χ1) is 15.6. The number of hydrogen-bond donors (Lipinski definition) is 0. The van der Waals surface area contributed by atoms with Crippen LogP contribution in [0.25, 0.3) is 0 Å². The molecule has 33 heavy (non-hydrogen) atoms. The normalized spacial score (nSPS) is 21.0. The zero-order valence-electron chi connectivity index (χ0n) is 18.7. The summed E-state index contributed by atoms with van der Waals surface area (Å²) in [5.41, 5.74) is 0.567. The van der Waals surface area contributed by atoms with Crippen LogP contribution in [0.15, 0.2) is 42.5 Å². The first-order valence-electron chi connectivity index (χ1n) is 10.8. The number of carbonyl (C=O) groups excluding carboxylic acids is 2. The van der Waals surface area contributed by atoms with Crippen molar-refractivity contribution in [2.24, 2.45) is 5.92 Å². The van der Waals surface area contributed by atoms with E-state index in [-0.39, 0.29) is 29.4 Å². The van der Waals surface area contributed by atoms with E-state index in [1.165, 1.54) is 12.1 Å². The third-order valence-corrected chi connectivity index (χ3v) is 6.40. The zero-order valence-corrected chi connectivity index (χ0v) is 19.5. The predicted molar refractivity (Wildman–Crippen MR) is 121 cm³/mol. The molecule has 2 amide bonds. The highest BCUT2D eigenvalue weighted by molar-refractivity contribution is 6.30. The lowest BCUT2D eigenvalue weighted by Gasteiger charge is -2.43. The highest BCUT2D eigenvalue weighted by Crippen LogP contribution is 2.44. The maximum atomic E-state index is 14.3. The molecule has 2 atom stereocenters. The number of benzene rings is 2. The van der Waals surface area contributed by atoms with Crippen LogP contribution in [0.4, 0.5) is 4.39 Å². The molecule has 2 heterocycles. The molecule has 2 aromatic rings. The summed E-state index contributed by atoms with van der Waals surface area (Å²) in [6, 6.07) is 12.8. The van der Waals surface area contributed by atoms with Crippen LogP contribution in [0, 0.1) is 23.1 Å². The molecule has 0 aromatic heterocycles. The molecule has 172 valence electrons. The van der Waals surface area contributed by atoms with Crippen molar-refractivity contribution >= 4 is 23.4 Å². The van der Waals surface area contributed by atoms with Crippen molar-refractivity contribution in [2.45, 2.75) is 44.9 Å². The van der Waals surface area contributed by atoms with E-state index in [1.54, 1.807) is 40.1 Å². The van der Waals surface area contributed by atoms with Gasteiger partial charge in [-0.05, 0) is 62.7 Å². The molecule has 6 nitrogen and oxygen atoms in total. The topological polar surface area (TPSA) is 73.6 Å². The molecule has 2 aliphatic rings. The number of hydrogen-bond acceptors (Lipinski definition) is 4. The van der Waals surface area contributed by atoms with Gasteiger partial charge in [-0.15, -0.1) is 0 Å². The van der Waals surface area contributed by atoms with Crippen molar-refractivity contribution in [3.05, 3.63) is 64.4 Å². The Morgan fingerprint density at radius 2 is 1.85 bits per heavy atom. The van der Waals surface area contributed by atoms with Crippen LogP contribution in [0.1, 0.15) is 44.4 Å². The Kier molecular flexibility index (Phi) is 6.06. The summed E-state index contributed by atoms with van der Waals surface area (Å²) in [4.78, 5) is 29.7. The molecule has 4 rings (SSSR count). The van der Waals surface area contributed by atoms with E-state index < -0.39 is 23.3 Å². The Labute approximate surface area is 197 Å². The summed E-state index contributed by atoms with van der Waals surface area (Å²) in [6.45, 7) is 6.52. The van der Waals surface area contributed by atoms with Crippen LogP contribution >= 0.6 is 11.6 Å². The molecule has 2 saturated heterocycles. The van der Waals surface area contributed by atoms with Crippen LogP contribution in [-0.4, -0.2) is 46.3 Å². The molecule has 0 bridgehead atoms. The smallest absolute Gasteiger partial charge is 0.228 e. The molecule has 2 unspecified atom stereocenters. The standard InChI is InChI=1S/C25H25ClFN3O3/c1-25(2,3)30-22(31)11-19(23(30)16-6-9-20(26)21(27)10-16)24(32)29-13-18(14-29)33-17-7-4-15(12-28)5-8-17/h4-10,18-19,23H,11,13-14H2,1-3H3. The van der Waals surface area contributed by atoms with Gasteiger partial charge in [-0.25, -0.2) is 4.39 Å². The van der Waals surface area contributed by atoms with Gasteiger partial charge in [0.1, 0.15) is 17.7 Å². The summed E-state index contributed by atoms with van der Waals surface area (Å²) in [7, 11) is 0. The SMILES string of the molecule is CC(C)(C)N1C(=O)CC(C(=O)N2CC(Oc3ccc(C#N)cc3)C2)C1c1ccc(Cl)c(F)c1. The van der Waals surface area contributed by atoms with E-state index in [2.05, 4.69) is 6.07 Å². The second-order valence-corrected chi connectivity index (χ2v) is 9.89. The van der Waals surface area contributed by atoms with Crippen LogP contribution in [0.3, 0.4) is 0 Å². The van der Waals surface area contributed by atoms with E-state index in [9.17, 15) is 14.0 Å². The number of nitriles is 1. The number of halogens is 2. The summed E-state index contributed by atoms with van der Waals surface area (Å²) in [5, 5.41) is 8.90. The van der Waals surface area contributed by atoms with Crippen molar-refractivity contribution in [1.29, 1.82) is 5.26 Å². The third kappa shape index (κ3) is 4.53. The number of carbonyl (C=O) groups is 2. The van der Waals surface area contributed by atoms with Gasteiger partial charge >= 0.3 is 0 Å². The molecule has 2 aromatic carbocycles. The van der Waals surface area contributed by atoms with Gasteiger partial charge in [0.25, 0.3) is 0 Å². The quantitative estimate of drug-likeness (QED) is 0.668. The largest absolute Gasteiger partial charge is 0.487 e. The Morgan fingerprint density at radius 1 is 1.18 bits per heavy atom. The predicted octanol–water partition coefficient (Wildman–Crippen LogP) is 4.33. The minimum atomic E-state index is -0.617. The molecule has 0 spiro atoms. The summed E-state index contributed by atoms with van der Waals surface area (Å²) >= 11 is 5.86. The Bertz CT molecular complexity index is 1120. The van der Waals surface area contributed by atoms with Crippen molar-refractivity contribution in [1.82, 2.24) is 9.80 Å². The monoisotopic (exact) mass is 469 g/mol. The second-order valence-electron chi connectivity index (χ2n) is 9.48. The van der Waals surface area contributed by atoms with Gasteiger partial charge < -0.3 is 14.5 Å². The fraction of sp³-hybridized carbons (Fsp3) is 0.400. The molecule has 2 fully saturated rings. The maximum Gasteiger partial charge on any atom is 0.228 e. The average molecular weight is 470 g/mol. The highest BCUT2D eigenvalue weighted by atomic mass is 35.5. The first kappa shape index (κ1) is 23.1. The van der Waals surface area contributed by atoms with Crippen LogP contribution in [-0.2, 0) is 9.59 Å². The lowest BCUT2D eigenvalue weighted by atomic mass is 9.89. The number of ether oxygens (including phenoxy) is 1. The summed E-state index contributed by atoms with van der Waals surface area (Å²) < 4.78 is 20.1. The van der Waals surface area contributed by atoms with Crippen molar-refractivity contribution in [3.8, 4) is 11.8 Å². The Balaban J connectivity index is 1.50. The maximum absolute atomic E-state index is 14.3. The molecule has 0 radical (unpaired) electrons. The van der Waals surface area contributed by atoms with Crippen molar-refractivity contribution < 1.29 is 18.7 Å². The zero-order chi connectivity index (χ0) is 23.9. The third-order valence-electron chi connectivity index (χ3n) is 6.09. The van der Waals surface area contributed by atoms with E-state index in [4.69, 9.17) is 21.6 Å². The van der Waals surface area contributed by atoms with Crippen LogP contribution < -0.4 is 4.74 Å². The van der Waals surface area contributed by atoms with Gasteiger partial charge in [0.05, 0.1) is 41.7 Å². The van der Waals surface area contributed by atoms with Crippen LogP contribution in [0.5, 0.6) is 5.75 Å². The van der Waals surface area contributed by atoms with Gasteiger partial charge in [0.15, 0.2) is 0 Å². The minimum absolute atomic E-state index is 0.00112. The molecule has 0 saturated carbocycles. The number of likely N-dealkylation sites (tertiary alicyclic amines) is 2. The average Bonchev–Trinajstić information content (AvgIpc) is 3.10. The fourth-order valence-electron chi connectivity index (χ4n) is 4.55. The molecule has 8 heteroatoms. The summed E-state index contributed by atoms with van der Waals surface area (Å²) in [5.74, 6) is -0.834. The minimum Gasteiger partial charge on any atom is -0.487 e. The van der Waals surface area contributed by atoms with E-state index in [0.717, 1.165) is 0 Å². The molecular weight excluding hydrogens is 445 g/mol. The fourth-order valence-corrected chi connectivity index (χ4v) is 4.67. The van der Waals surface area contributed by atoms with Gasteiger partial charge in [-0.2, -0.15) is 5.26 Å². The Hall–Kier alpha value is -3.11. The summed E-state index contributed by atoms with van der Waals surface area (Å²) in [6.07, 6.45) is -0.0908. The number of rotatable bonds is 4. The lowest BCUT2D eigenvalue weighted by molar-refractivity contribution is -0.145. The van der Waals surface area contributed by atoms with Crippen molar-refractivity contribution in [3.63, 3.8) is 0 Å². The van der Waals surface area contributed by atoms with Gasteiger partial charge in [0, 0.05) is 12.0 Å². The van der Waals surface area contributed by atoms with E-state index >= 15 is 0 Å². The molecule has 0 aliphatic carbocycles. The van der Waals surface area contributed by atoms with Crippen LogP contribution in [0.2, 0.25) is 5.02 Å². The first-order valence-corrected chi connectivity index (χ1v) is 11.2. The van der Waals surface area contributed by atoms with Gasteiger partial charge in [0.2, 0.25) is 11.8 Å². The van der Waals surface area contributed by atoms with Crippen molar-refractivity contribution in [2.75, 3.05) is 13.1 Å². The van der Waals surface area contributed by atoms with Gasteiger partial charge in [-0.3, -0.25) is 9.59 Å². The lowest BCUT2D eigenvalue weighted by Crippen LogP contribution is -2.58. The molecule has 2 aliphatic heterocycles. The molecular formula is C25H25ClFN3O3. The molecule has 0 N–H and O–H groups in total. The Morgan fingerprint density at radius 3 is 2.42 bits per heavy atom. The highest BCUT2D eigenvalue weighted by Gasteiger charge is 2.51. The van der Waals surface area contributed by atoms with Gasteiger partial charge in [-0.1, -0.05) is 17.7 Å².